The Labute approximate surface area is 125 Å². The highest BCUT2D eigenvalue weighted by atomic mass is 16.5. The van der Waals surface area contributed by atoms with E-state index in [1.165, 1.54) is 13.2 Å². The molecule has 0 bridgehead atoms. The number of aromatic nitrogens is 3. The summed E-state index contributed by atoms with van der Waals surface area (Å²) < 4.78 is 4.50. The van der Waals surface area contributed by atoms with Crippen molar-refractivity contribution in [3.05, 3.63) is 58.5 Å². The molecule has 0 amide bonds. The van der Waals surface area contributed by atoms with E-state index in [9.17, 15) is 9.59 Å². The van der Waals surface area contributed by atoms with Crippen molar-refractivity contribution in [3.8, 4) is 0 Å². The Morgan fingerprint density at radius 1 is 1.23 bits per heavy atom. The lowest BCUT2D eigenvalue weighted by Crippen LogP contribution is -1.99. The topological polar surface area (TPSA) is 87.8 Å². The van der Waals surface area contributed by atoms with Gasteiger partial charge in [0.2, 0.25) is 0 Å². The van der Waals surface area contributed by atoms with E-state index in [-0.39, 0.29) is 5.69 Å². The molecule has 0 atom stereocenters. The molecule has 0 saturated carbocycles. The largest absolute Gasteiger partial charge is 0.466 e. The normalized spacial score (nSPS) is 11.9. The van der Waals surface area contributed by atoms with Gasteiger partial charge in [-0.25, -0.2) is 14.6 Å². The highest BCUT2D eigenvalue weighted by molar-refractivity contribution is 5.90. The van der Waals surface area contributed by atoms with E-state index in [0.717, 1.165) is 16.5 Å². The highest BCUT2D eigenvalue weighted by Gasteiger charge is 2.03. The van der Waals surface area contributed by atoms with Gasteiger partial charge in [-0.3, -0.25) is 4.98 Å². The fraction of sp³-hybridized carbons (Fsp3) is 0.0625. The minimum Gasteiger partial charge on any atom is -0.466 e. The van der Waals surface area contributed by atoms with E-state index >= 15 is 0 Å². The van der Waals surface area contributed by atoms with Gasteiger partial charge in [0.25, 0.3) is 0 Å². The average molecular weight is 295 g/mol. The predicted molar refractivity (Wildman–Crippen MR) is 84.4 cm³/mol. The number of carbonyl (C=O) groups excluding carboxylic acids is 1. The van der Waals surface area contributed by atoms with Gasteiger partial charge >= 0.3 is 11.7 Å². The first kappa shape index (κ1) is 13.8. The summed E-state index contributed by atoms with van der Waals surface area (Å²) >= 11 is 0. The second-order valence-electron chi connectivity index (χ2n) is 4.66. The molecule has 2 aromatic heterocycles. The fourth-order valence-electron chi connectivity index (χ4n) is 2.12. The standard InChI is InChI=1S/C16H13N3O3/c1-22-14(20)5-3-2-4-10-6-7-12-11(8-10)9-13-15(17-12)19-16(21)18-13/h2-9H,1H3,(H2,17,18,19,21)/b4-2+,5-3+. The number of ether oxygens (including phenoxy) is 1. The summed E-state index contributed by atoms with van der Waals surface area (Å²) in [6, 6.07) is 7.62. The van der Waals surface area contributed by atoms with Crippen LogP contribution < -0.4 is 5.69 Å². The van der Waals surface area contributed by atoms with E-state index in [1.807, 2.05) is 30.3 Å². The van der Waals surface area contributed by atoms with Crippen LogP contribution in [-0.2, 0) is 9.53 Å². The third-order valence-electron chi connectivity index (χ3n) is 3.15. The summed E-state index contributed by atoms with van der Waals surface area (Å²) in [5.74, 6) is -0.397. The SMILES string of the molecule is COC(=O)/C=C/C=C/c1ccc2nc3[nH]c(=O)[nH]c3cc2c1. The number of fused-ring (bicyclic) bond motifs is 2. The number of carbonyl (C=O) groups is 1. The Balaban J connectivity index is 1.93. The van der Waals surface area contributed by atoms with Crippen molar-refractivity contribution in [2.24, 2.45) is 0 Å². The minimum atomic E-state index is -0.397. The number of aromatic amines is 2. The van der Waals surface area contributed by atoms with Gasteiger partial charge in [0.05, 0.1) is 18.1 Å². The number of imidazole rings is 1. The molecule has 6 heteroatoms. The number of hydrogen-bond acceptors (Lipinski definition) is 4. The zero-order chi connectivity index (χ0) is 15.5. The fourth-order valence-corrected chi connectivity index (χ4v) is 2.12. The Hall–Kier alpha value is -3.15. The highest BCUT2D eigenvalue weighted by Crippen LogP contribution is 2.18. The van der Waals surface area contributed by atoms with Crippen molar-refractivity contribution in [1.29, 1.82) is 0 Å². The van der Waals surface area contributed by atoms with E-state index in [1.54, 1.807) is 12.2 Å². The number of rotatable bonds is 3. The van der Waals surface area contributed by atoms with Crippen LogP contribution in [0.25, 0.3) is 28.1 Å². The maximum atomic E-state index is 11.3. The zero-order valence-electron chi connectivity index (χ0n) is 11.8. The molecule has 3 aromatic rings. The van der Waals surface area contributed by atoms with Crippen molar-refractivity contribution in [1.82, 2.24) is 15.0 Å². The number of H-pyrrole nitrogens is 2. The summed E-state index contributed by atoms with van der Waals surface area (Å²) in [4.78, 5) is 31.9. The van der Waals surface area contributed by atoms with Crippen molar-refractivity contribution >= 4 is 34.1 Å². The van der Waals surface area contributed by atoms with E-state index in [0.29, 0.717) is 11.2 Å². The van der Waals surface area contributed by atoms with Gasteiger partial charge in [0, 0.05) is 11.5 Å². The lowest BCUT2D eigenvalue weighted by molar-refractivity contribution is -0.134. The van der Waals surface area contributed by atoms with Crippen LogP contribution in [0.4, 0.5) is 0 Å². The molecule has 0 fully saturated rings. The van der Waals surface area contributed by atoms with Crippen LogP contribution in [0.1, 0.15) is 5.56 Å². The summed E-state index contributed by atoms with van der Waals surface area (Å²) in [6.45, 7) is 0. The molecule has 22 heavy (non-hydrogen) atoms. The summed E-state index contributed by atoms with van der Waals surface area (Å²) in [7, 11) is 1.33. The molecular formula is C16H13N3O3. The molecule has 3 rings (SSSR count). The number of hydrogen-bond donors (Lipinski definition) is 2. The molecule has 0 aliphatic rings. The van der Waals surface area contributed by atoms with Gasteiger partial charge in [-0.05, 0) is 23.8 Å². The number of nitrogens with one attached hydrogen (secondary N) is 2. The molecule has 0 saturated heterocycles. The van der Waals surface area contributed by atoms with Crippen LogP contribution in [0.3, 0.4) is 0 Å². The molecule has 1 aromatic carbocycles. The lowest BCUT2D eigenvalue weighted by atomic mass is 10.1. The Morgan fingerprint density at radius 3 is 2.91 bits per heavy atom. The van der Waals surface area contributed by atoms with Crippen molar-refractivity contribution in [3.63, 3.8) is 0 Å². The van der Waals surface area contributed by atoms with Crippen LogP contribution in [0, 0.1) is 0 Å². The predicted octanol–water partition coefficient (Wildman–Crippen LogP) is 2.15. The van der Waals surface area contributed by atoms with Crippen LogP contribution in [0.15, 0.2) is 47.3 Å². The number of pyridine rings is 1. The molecular weight excluding hydrogens is 282 g/mol. The third-order valence-corrected chi connectivity index (χ3v) is 3.15. The summed E-state index contributed by atoms with van der Waals surface area (Å²) in [6.07, 6.45) is 6.57. The maximum Gasteiger partial charge on any atom is 0.330 e. The van der Waals surface area contributed by atoms with E-state index in [2.05, 4.69) is 19.7 Å². The molecule has 110 valence electrons. The van der Waals surface area contributed by atoms with Gasteiger partial charge in [-0.1, -0.05) is 24.3 Å². The first-order valence-corrected chi connectivity index (χ1v) is 6.61. The number of nitrogens with zero attached hydrogens (tertiary/aromatic N) is 1. The van der Waals surface area contributed by atoms with Crippen molar-refractivity contribution in [2.75, 3.05) is 7.11 Å². The molecule has 0 spiro atoms. The second-order valence-corrected chi connectivity index (χ2v) is 4.66. The monoisotopic (exact) mass is 295 g/mol. The molecule has 0 aliphatic heterocycles. The Kier molecular flexibility index (Phi) is 3.57. The summed E-state index contributed by atoms with van der Waals surface area (Å²) in [5.41, 5.74) is 2.70. The first-order chi connectivity index (χ1) is 10.7. The smallest absolute Gasteiger partial charge is 0.330 e. The van der Waals surface area contributed by atoms with Gasteiger partial charge < -0.3 is 9.72 Å². The minimum absolute atomic E-state index is 0.272. The van der Waals surface area contributed by atoms with Crippen molar-refractivity contribution < 1.29 is 9.53 Å². The lowest BCUT2D eigenvalue weighted by Gasteiger charge is -1.99. The molecule has 2 N–H and O–H groups in total. The maximum absolute atomic E-state index is 11.3. The number of esters is 1. The van der Waals surface area contributed by atoms with Crippen LogP contribution >= 0.6 is 0 Å². The Morgan fingerprint density at radius 2 is 2.09 bits per heavy atom. The van der Waals surface area contributed by atoms with Crippen LogP contribution in [-0.4, -0.2) is 28.0 Å². The van der Waals surface area contributed by atoms with Gasteiger partial charge in [0.15, 0.2) is 5.65 Å². The van der Waals surface area contributed by atoms with Gasteiger partial charge in [0.1, 0.15) is 0 Å². The van der Waals surface area contributed by atoms with Crippen LogP contribution in [0.5, 0.6) is 0 Å². The zero-order valence-corrected chi connectivity index (χ0v) is 11.8. The van der Waals surface area contributed by atoms with Crippen LogP contribution in [0.2, 0.25) is 0 Å². The number of benzene rings is 1. The summed E-state index contributed by atoms with van der Waals surface area (Å²) in [5, 5.41) is 0.918. The van der Waals surface area contributed by atoms with E-state index < -0.39 is 5.97 Å². The second kappa shape index (κ2) is 5.69. The number of methoxy groups -OCH3 is 1. The first-order valence-electron chi connectivity index (χ1n) is 6.61. The van der Waals surface area contributed by atoms with Gasteiger partial charge in [-0.2, -0.15) is 0 Å². The third kappa shape index (κ3) is 2.80. The van der Waals surface area contributed by atoms with E-state index in [4.69, 9.17) is 0 Å². The molecule has 0 aliphatic carbocycles. The average Bonchev–Trinajstić information content (AvgIpc) is 2.87. The number of allylic oxidation sites excluding steroid dienone is 2. The Bertz CT molecular complexity index is 964. The molecule has 0 radical (unpaired) electrons. The molecule has 6 nitrogen and oxygen atoms in total. The molecule has 0 unspecified atom stereocenters. The quantitative estimate of drug-likeness (QED) is 0.440. The van der Waals surface area contributed by atoms with Crippen molar-refractivity contribution in [2.45, 2.75) is 0 Å². The van der Waals surface area contributed by atoms with Gasteiger partial charge in [-0.15, -0.1) is 0 Å². The molecule has 2 heterocycles.